The van der Waals surface area contributed by atoms with Gasteiger partial charge in [0.05, 0.1) is 5.69 Å². The average Bonchev–Trinajstić information content (AvgIpc) is 3.02. The van der Waals surface area contributed by atoms with Gasteiger partial charge in [0.25, 0.3) is 0 Å². The third-order valence-electron chi connectivity index (χ3n) is 3.97. The molecule has 0 bridgehead atoms. The molecule has 1 saturated heterocycles. The van der Waals surface area contributed by atoms with Gasteiger partial charge >= 0.3 is 6.18 Å². The quantitative estimate of drug-likeness (QED) is 0.864. The predicted molar refractivity (Wildman–Crippen MR) is 82.2 cm³/mol. The van der Waals surface area contributed by atoms with Gasteiger partial charge in [-0.15, -0.1) is 0 Å². The van der Waals surface area contributed by atoms with Gasteiger partial charge in [0, 0.05) is 25.8 Å². The summed E-state index contributed by atoms with van der Waals surface area (Å²) in [5, 5.41) is 2.84. The summed E-state index contributed by atoms with van der Waals surface area (Å²) in [6.07, 6.45) is -2.59. The van der Waals surface area contributed by atoms with Crippen molar-refractivity contribution in [3.05, 3.63) is 48.0 Å². The Hall–Kier alpha value is -2.38. The van der Waals surface area contributed by atoms with Crippen LogP contribution in [0.2, 0.25) is 0 Å². The van der Waals surface area contributed by atoms with Crippen molar-refractivity contribution >= 4 is 11.6 Å². The monoisotopic (exact) mass is 340 g/mol. The van der Waals surface area contributed by atoms with E-state index in [1.165, 1.54) is 6.07 Å². The zero-order chi connectivity index (χ0) is 17.2. The van der Waals surface area contributed by atoms with Crippen molar-refractivity contribution in [3.8, 4) is 0 Å². The Morgan fingerprint density at radius 1 is 1.21 bits per heavy atom. The summed E-state index contributed by atoms with van der Waals surface area (Å²) >= 11 is 0. The van der Waals surface area contributed by atoms with Crippen LogP contribution < -0.4 is 10.2 Å². The molecule has 1 aliphatic rings. The van der Waals surface area contributed by atoms with Gasteiger partial charge in [0.2, 0.25) is 5.95 Å². The minimum Gasteiger partial charge on any atom is -0.369 e. The van der Waals surface area contributed by atoms with E-state index >= 15 is 0 Å². The van der Waals surface area contributed by atoms with Crippen LogP contribution in [-0.4, -0.2) is 29.6 Å². The van der Waals surface area contributed by atoms with Crippen LogP contribution in [0.4, 0.5) is 29.2 Å². The van der Waals surface area contributed by atoms with E-state index < -0.39 is 11.9 Å². The number of nitrogens with one attached hydrogen (secondary N) is 1. The molecule has 1 unspecified atom stereocenters. The van der Waals surface area contributed by atoms with E-state index in [9.17, 15) is 17.6 Å². The van der Waals surface area contributed by atoms with Gasteiger partial charge < -0.3 is 10.2 Å². The Kier molecular flexibility index (Phi) is 4.55. The van der Waals surface area contributed by atoms with Gasteiger partial charge in [-0.25, -0.2) is 14.4 Å². The molecule has 0 radical (unpaired) electrons. The summed E-state index contributed by atoms with van der Waals surface area (Å²) in [6, 6.07) is 7.39. The number of para-hydroxylation sites is 1. The molecule has 2 heterocycles. The SMILES string of the molecule is Fc1ccccc1N1CCC(CNc2nccc(C(F)(F)F)n2)C1. The molecular weight excluding hydrogens is 324 g/mol. The fourth-order valence-corrected chi connectivity index (χ4v) is 2.76. The van der Waals surface area contributed by atoms with E-state index in [0.29, 0.717) is 25.3 Å². The number of rotatable bonds is 4. The van der Waals surface area contributed by atoms with Crippen LogP contribution in [0.3, 0.4) is 0 Å². The lowest BCUT2D eigenvalue weighted by Crippen LogP contribution is -2.23. The van der Waals surface area contributed by atoms with E-state index in [0.717, 1.165) is 18.7 Å². The number of aromatic nitrogens is 2. The highest BCUT2D eigenvalue weighted by molar-refractivity contribution is 5.48. The summed E-state index contributed by atoms with van der Waals surface area (Å²) in [5.74, 6) is -0.135. The summed E-state index contributed by atoms with van der Waals surface area (Å²) < 4.78 is 51.7. The van der Waals surface area contributed by atoms with Gasteiger partial charge in [-0.1, -0.05) is 12.1 Å². The van der Waals surface area contributed by atoms with Crippen molar-refractivity contribution in [1.82, 2.24) is 9.97 Å². The van der Waals surface area contributed by atoms with Crippen LogP contribution in [0.5, 0.6) is 0 Å². The van der Waals surface area contributed by atoms with E-state index in [1.807, 2.05) is 4.90 Å². The lowest BCUT2D eigenvalue weighted by molar-refractivity contribution is -0.141. The molecule has 8 heteroatoms. The Labute approximate surface area is 136 Å². The second-order valence-corrected chi connectivity index (χ2v) is 5.70. The largest absolute Gasteiger partial charge is 0.433 e. The lowest BCUT2D eigenvalue weighted by atomic mass is 10.1. The summed E-state index contributed by atoms with van der Waals surface area (Å²) in [7, 11) is 0. The molecule has 0 saturated carbocycles. The highest BCUT2D eigenvalue weighted by atomic mass is 19.4. The molecule has 1 aromatic heterocycles. The molecular formula is C16H16F4N4. The van der Waals surface area contributed by atoms with Crippen molar-refractivity contribution in [1.29, 1.82) is 0 Å². The third-order valence-corrected chi connectivity index (χ3v) is 3.97. The molecule has 4 nitrogen and oxygen atoms in total. The zero-order valence-electron chi connectivity index (χ0n) is 12.7. The standard InChI is InChI=1S/C16H16F4N4/c17-12-3-1-2-4-13(12)24-8-6-11(10-24)9-22-15-21-7-5-14(23-15)16(18,19)20/h1-5,7,11H,6,8-10H2,(H,21,22,23). The van der Waals surface area contributed by atoms with Crippen LogP contribution in [0.25, 0.3) is 0 Å². The second kappa shape index (κ2) is 6.62. The zero-order valence-corrected chi connectivity index (χ0v) is 12.7. The summed E-state index contributed by atoms with van der Waals surface area (Å²) in [5.41, 5.74) is -0.422. The van der Waals surface area contributed by atoms with Crippen molar-refractivity contribution in [2.45, 2.75) is 12.6 Å². The smallest absolute Gasteiger partial charge is 0.369 e. The predicted octanol–water partition coefficient (Wildman–Crippen LogP) is 3.57. The van der Waals surface area contributed by atoms with Gasteiger partial charge in [-0.3, -0.25) is 0 Å². The van der Waals surface area contributed by atoms with Crippen molar-refractivity contribution in [3.63, 3.8) is 0 Å². The Balaban J connectivity index is 1.58. The lowest BCUT2D eigenvalue weighted by Gasteiger charge is -2.19. The molecule has 0 aliphatic carbocycles. The molecule has 1 N–H and O–H groups in total. The first-order valence-corrected chi connectivity index (χ1v) is 7.57. The van der Waals surface area contributed by atoms with Gasteiger partial charge in [-0.05, 0) is 30.5 Å². The number of benzene rings is 1. The van der Waals surface area contributed by atoms with Gasteiger partial charge in [0.15, 0.2) is 0 Å². The van der Waals surface area contributed by atoms with Crippen LogP contribution in [-0.2, 0) is 6.18 Å². The highest BCUT2D eigenvalue weighted by Gasteiger charge is 2.33. The molecule has 0 spiro atoms. The van der Waals surface area contributed by atoms with Crippen LogP contribution in [0.15, 0.2) is 36.5 Å². The van der Waals surface area contributed by atoms with Gasteiger partial charge in [-0.2, -0.15) is 13.2 Å². The van der Waals surface area contributed by atoms with E-state index in [-0.39, 0.29) is 17.7 Å². The number of hydrogen-bond acceptors (Lipinski definition) is 4. The van der Waals surface area contributed by atoms with Crippen molar-refractivity contribution in [2.75, 3.05) is 29.9 Å². The maximum absolute atomic E-state index is 13.8. The Bertz CT molecular complexity index is 704. The topological polar surface area (TPSA) is 41.0 Å². The first-order valence-electron chi connectivity index (χ1n) is 7.57. The summed E-state index contributed by atoms with van der Waals surface area (Å²) in [6.45, 7) is 1.77. The number of alkyl halides is 3. The molecule has 1 aliphatic heterocycles. The fraction of sp³-hybridized carbons (Fsp3) is 0.375. The first kappa shape index (κ1) is 16.5. The molecule has 1 aromatic carbocycles. The van der Waals surface area contributed by atoms with Gasteiger partial charge in [0.1, 0.15) is 11.5 Å². The molecule has 24 heavy (non-hydrogen) atoms. The summed E-state index contributed by atoms with van der Waals surface area (Å²) in [4.78, 5) is 9.22. The molecule has 3 rings (SSSR count). The molecule has 128 valence electrons. The Morgan fingerprint density at radius 2 is 2.00 bits per heavy atom. The second-order valence-electron chi connectivity index (χ2n) is 5.70. The molecule has 0 amide bonds. The Morgan fingerprint density at radius 3 is 2.75 bits per heavy atom. The normalized spacial score (nSPS) is 18.0. The number of nitrogens with zero attached hydrogens (tertiary/aromatic N) is 3. The van der Waals surface area contributed by atoms with Crippen LogP contribution in [0, 0.1) is 11.7 Å². The fourth-order valence-electron chi connectivity index (χ4n) is 2.76. The van der Waals surface area contributed by atoms with Crippen molar-refractivity contribution < 1.29 is 17.6 Å². The van der Waals surface area contributed by atoms with Crippen LogP contribution in [0.1, 0.15) is 12.1 Å². The number of anilines is 2. The average molecular weight is 340 g/mol. The molecule has 2 aromatic rings. The van der Waals surface area contributed by atoms with E-state index in [2.05, 4.69) is 15.3 Å². The molecule has 1 atom stereocenters. The number of halogens is 4. The van der Waals surface area contributed by atoms with E-state index in [1.54, 1.807) is 18.2 Å². The highest BCUT2D eigenvalue weighted by Crippen LogP contribution is 2.28. The maximum Gasteiger partial charge on any atom is 0.433 e. The maximum atomic E-state index is 13.8. The third kappa shape index (κ3) is 3.74. The number of hydrogen-bond donors (Lipinski definition) is 1. The molecule has 1 fully saturated rings. The van der Waals surface area contributed by atoms with E-state index in [4.69, 9.17) is 0 Å². The first-order chi connectivity index (χ1) is 11.4. The minimum absolute atomic E-state index is 0.0471. The van der Waals surface area contributed by atoms with Crippen LogP contribution >= 0.6 is 0 Å². The van der Waals surface area contributed by atoms with Crippen molar-refractivity contribution in [2.24, 2.45) is 5.92 Å². The minimum atomic E-state index is -4.49.